The van der Waals surface area contributed by atoms with Gasteiger partial charge in [0, 0.05) is 12.2 Å². The van der Waals surface area contributed by atoms with Gasteiger partial charge in [0.25, 0.3) is 0 Å². The number of nitrogens with zero attached hydrogens (tertiary/aromatic N) is 1. The smallest absolute Gasteiger partial charge is 0.0882 e. The van der Waals surface area contributed by atoms with Gasteiger partial charge in [0.15, 0.2) is 0 Å². The summed E-state index contributed by atoms with van der Waals surface area (Å²) < 4.78 is 0. The average Bonchev–Trinajstić information content (AvgIpc) is 2.78. The molecule has 0 spiro atoms. The molecule has 0 aliphatic carbocycles. The van der Waals surface area contributed by atoms with E-state index in [1.807, 2.05) is 0 Å². The Morgan fingerprint density at radius 2 is 2.06 bits per heavy atom. The van der Waals surface area contributed by atoms with E-state index in [0.29, 0.717) is 18.6 Å². The number of anilines is 1. The second-order valence-electron chi connectivity index (χ2n) is 5.07. The fourth-order valence-electron chi connectivity index (χ4n) is 2.51. The molecule has 0 radical (unpaired) electrons. The van der Waals surface area contributed by atoms with Gasteiger partial charge in [0.1, 0.15) is 0 Å². The van der Waals surface area contributed by atoms with Crippen LogP contribution in [0.25, 0.3) is 0 Å². The highest BCUT2D eigenvalue weighted by Gasteiger charge is 2.24. The van der Waals surface area contributed by atoms with Crippen LogP contribution in [-0.4, -0.2) is 19.2 Å². The zero-order chi connectivity index (χ0) is 12.3. The Morgan fingerprint density at radius 1 is 1.35 bits per heavy atom. The summed E-state index contributed by atoms with van der Waals surface area (Å²) in [5.74, 6) is 5.77. The van der Waals surface area contributed by atoms with Gasteiger partial charge in [-0.15, -0.1) is 0 Å². The predicted octanol–water partition coefficient (Wildman–Crippen LogP) is 2.67. The highest BCUT2D eigenvalue weighted by Crippen LogP contribution is 2.27. The molecule has 1 fully saturated rings. The molecular weight excluding hydrogens is 212 g/mol. The first kappa shape index (κ1) is 12.4. The monoisotopic (exact) mass is 234 g/mol. The van der Waals surface area contributed by atoms with Crippen LogP contribution in [0.3, 0.4) is 0 Å². The maximum absolute atomic E-state index is 5.19. The van der Waals surface area contributed by atoms with E-state index in [-0.39, 0.29) is 0 Å². The molecule has 1 aliphatic rings. The molecule has 17 heavy (non-hydrogen) atoms. The van der Waals surface area contributed by atoms with E-state index in [4.69, 9.17) is 10.7 Å². The molecule has 0 bridgehead atoms. The summed E-state index contributed by atoms with van der Waals surface area (Å²) >= 11 is 0. The van der Waals surface area contributed by atoms with Crippen molar-refractivity contribution in [3.8, 4) is 0 Å². The summed E-state index contributed by atoms with van der Waals surface area (Å²) in [4.78, 5) is 7.20. The minimum Gasteiger partial charge on any atom is -0.366 e. The third kappa shape index (κ3) is 2.79. The van der Waals surface area contributed by atoms with Crippen LogP contribution in [0.2, 0.25) is 0 Å². The lowest BCUT2D eigenvalue weighted by Gasteiger charge is -2.26. The minimum atomic E-state index is 0.435. The third-order valence-corrected chi connectivity index (χ3v) is 3.56. The number of hydrogen-bond acceptors (Lipinski definition) is 3. The van der Waals surface area contributed by atoms with Gasteiger partial charge in [-0.1, -0.05) is 26.0 Å². The van der Waals surface area contributed by atoms with E-state index in [1.54, 1.807) is 0 Å². The van der Waals surface area contributed by atoms with E-state index in [9.17, 15) is 0 Å². The molecule has 3 nitrogen and oxygen atoms in total. The fraction of sp³-hybridized carbons (Fsp3) is 0.571. The lowest BCUT2D eigenvalue weighted by molar-refractivity contribution is 0.124. The molecule has 3 heteroatoms. The summed E-state index contributed by atoms with van der Waals surface area (Å²) in [6.45, 7) is 6.16. The first-order valence-corrected chi connectivity index (χ1v) is 6.40. The van der Waals surface area contributed by atoms with Crippen molar-refractivity contribution in [2.24, 2.45) is 5.90 Å². The molecule has 0 aromatic heterocycles. The van der Waals surface area contributed by atoms with E-state index in [1.165, 1.54) is 24.1 Å². The molecule has 0 amide bonds. The van der Waals surface area contributed by atoms with Crippen LogP contribution in [-0.2, 0) is 4.84 Å². The highest BCUT2D eigenvalue weighted by molar-refractivity contribution is 5.49. The topological polar surface area (TPSA) is 38.5 Å². The predicted molar refractivity (Wildman–Crippen MR) is 71.0 cm³/mol. The minimum absolute atomic E-state index is 0.435. The Kier molecular flexibility index (Phi) is 4.02. The Balaban J connectivity index is 2.10. The second kappa shape index (κ2) is 5.52. The van der Waals surface area contributed by atoms with Gasteiger partial charge in [0.05, 0.1) is 12.6 Å². The first-order valence-electron chi connectivity index (χ1n) is 6.40. The Bertz CT molecular complexity index is 348. The standard InChI is InChI=1S/C14H22N2O/c1-11(2)12-5-7-13(8-6-12)16-9-3-4-14(16)10-17-15/h5-8,11,14H,3-4,9-10,15H2,1-2H3. The van der Waals surface area contributed by atoms with E-state index < -0.39 is 0 Å². The molecule has 1 aromatic carbocycles. The summed E-state index contributed by atoms with van der Waals surface area (Å²) in [6, 6.07) is 9.30. The van der Waals surface area contributed by atoms with Crippen molar-refractivity contribution in [3.63, 3.8) is 0 Å². The quantitative estimate of drug-likeness (QED) is 0.814. The van der Waals surface area contributed by atoms with Gasteiger partial charge in [-0.25, -0.2) is 5.90 Å². The molecule has 94 valence electrons. The third-order valence-electron chi connectivity index (χ3n) is 3.56. The summed E-state index contributed by atoms with van der Waals surface area (Å²) in [5.41, 5.74) is 2.67. The highest BCUT2D eigenvalue weighted by atomic mass is 16.6. The van der Waals surface area contributed by atoms with Crippen LogP contribution in [0.1, 0.15) is 38.2 Å². The Hall–Kier alpha value is -1.06. The molecule has 0 saturated carbocycles. The molecule has 1 aliphatic heterocycles. The van der Waals surface area contributed by atoms with Crippen LogP contribution < -0.4 is 10.8 Å². The van der Waals surface area contributed by atoms with Gasteiger partial charge in [-0.2, -0.15) is 0 Å². The van der Waals surface area contributed by atoms with E-state index >= 15 is 0 Å². The Morgan fingerprint density at radius 3 is 2.65 bits per heavy atom. The molecular formula is C14H22N2O. The van der Waals surface area contributed by atoms with Crippen LogP contribution in [0.5, 0.6) is 0 Å². The van der Waals surface area contributed by atoms with Crippen LogP contribution in [0.4, 0.5) is 5.69 Å². The van der Waals surface area contributed by atoms with Crippen molar-refractivity contribution in [1.82, 2.24) is 0 Å². The number of nitrogens with two attached hydrogens (primary N) is 1. The summed E-state index contributed by atoms with van der Waals surface area (Å²) in [5, 5.41) is 0. The number of benzene rings is 1. The average molecular weight is 234 g/mol. The van der Waals surface area contributed by atoms with Gasteiger partial charge >= 0.3 is 0 Å². The normalized spacial score (nSPS) is 20.2. The molecule has 1 atom stereocenters. The maximum Gasteiger partial charge on any atom is 0.0882 e. The largest absolute Gasteiger partial charge is 0.366 e. The zero-order valence-corrected chi connectivity index (χ0v) is 10.7. The van der Waals surface area contributed by atoms with Gasteiger partial charge < -0.3 is 9.74 Å². The maximum atomic E-state index is 5.19. The first-order chi connectivity index (χ1) is 8.22. The van der Waals surface area contributed by atoms with Gasteiger partial charge in [-0.3, -0.25) is 0 Å². The molecule has 1 saturated heterocycles. The Labute approximate surface area is 104 Å². The van der Waals surface area contributed by atoms with Crippen LogP contribution in [0, 0.1) is 0 Å². The lowest BCUT2D eigenvalue weighted by Crippen LogP contribution is -2.33. The van der Waals surface area contributed by atoms with Crippen molar-refractivity contribution in [2.75, 3.05) is 18.1 Å². The van der Waals surface area contributed by atoms with Crippen LogP contribution in [0.15, 0.2) is 24.3 Å². The molecule has 2 rings (SSSR count). The van der Waals surface area contributed by atoms with Crippen molar-refractivity contribution >= 4 is 5.69 Å². The van der Waals surface area contributed by atoms with E-state index in [2.05, 4.69) is 43.0 Å². The lowest BCUT2D eigenvalue weighted by atomic mass is 10.0. The molecule has 2 N–H and O–H groups in total. The molecule has 1 unspecified atom stereocenters. The summed E-state index contributed by atoms with van der Waals surface area (Å²) in [6.07, 6.45) is 2.39. The van der Waals surface area contributed by atoms with Crippen molar-refractivity contribution in [2.45, 2.75) is 38.6 Å². The SMILES string of the molecule is CC(C)c1ccc(N2CCCC2CON)cc1. The fourth-order valence-corrected chi connectivity index (χ4v) is 2.51. The molecule has 1 aromatic rings. The zero-order valence-electron chi connectivity index (χ0n) is 10.7. The van der Waals surface area contributed by atoms with Gasteiger partial charge in [-0.05, 0) is 36.5 Å². The number of hydrogen-bond donors (Lipinski definition) is 1. The second-order valence-corrected chi connectivity index (χ2v) is 5.07. The van der Waals surface area contributed by atoms with Crippen molar-refractivity contribution in [3.05, 3.63) is 29.8 Å². The van der Waals surface area contributed by atoms with E-state index in [0.717, 1.165) is 6.54 Å². The summed E-state index contributed by atoms with van der Waals surface area (Å²) in [7, 11) is 0. The number of rotatable bonds is 4. The van der Waals surface area contributed by atoms with Crippen LogP contribution >= 0.6 is 0 Å². The molecule has 1 heterocycles. The van der Waals surface area contributed by atoms with Crippen molar-refractivity contribution < 1.29 is 4.84 Å². The van der Waals surface area contributed by atoms with Gasteiger partial charge in [0.2, 0.25) is 0 Å². The van der Waals surface area contributed by atoms with Crippen molar-refractivity contribution in [1.29, 1.82) is 0 Å².